The molecule has 0 spiro atoms. The van der Waals surface area contributed by atoms with Crippen molar-refractivity contribution in [3.63, 3.8) is 0 Å². The summed E-state index contributed by atoms with van der Waals surface area (Å²) >= 11 is 1.51. The summed E-state index contributed by atoms with van der Waals surface area (Å²) in [6, 6.07) is 5.03. The fourth-order valence-electron chi connectivity index (χ4n) is 1.83. The first-order valence-electron chi connectivity index (χ1n) is 6.67. The summed E-state index contributed by atoms with van der Waals surface area (Å²) in [4.78, 5) is 26.5. The molecule has 116 valence electrons. The number of nitrogens with one attached hydrogen (secondary N) is 1. The number of carbonyl (C=O) groups excluding carboxylic acids is 1. The van der Waals surface area contributed by atoms with E-state index in [2.05, 4.69) is 10.3 Å². The number of aromatic nitrogens is 1. The molecule has 1 aromatic carbocycles. The second-order valence-corrected chi connectivity index (χ2v) is 5.41. The van der Waals surface area contributed by atoms with Crippen molar-refractivity contribution >= 4 is 28.9 Å². The highest BCUT2D eigenvalue weighted by molar-refractivity contribution is 7.07. The van der Waals surface area contributed by atoms with Gasteiger partial charge in [-0.3, -0.25) is 4.79 Å². The van der Waals surface area contributed by atoms with Gasteiger partial charge < -0.3 is 15.2 Å². The van der Waals surface area contributed by atoms with Gasteiger partial charge in [-0.1, -0.05) is 0 Å². The molecule has 0 aliphatic carbocycles. The van der Waals surface area contributed by atoms with E-state index in [1.165, 1.54) is 11.3 Å². The number of carboxylic acid groups (broad SMARTS) is 1. The number of rotatable bonds is 7. The number of carboxylic acids is 1. The first kappa shape index (κ1) is 16.0. The Morgan fingerprint density at radius 2 is 2.23 bits per heavy atom. The van der Waals surface area contributed by atoms with Gasteiger partial charge in [0.25, 0.3) is 0 Å². The molecule has 6 nitrogen and oxygen atoms in total. The molecule has 2 rings (SSSR count). The maximum atomic E-state index is 11.9. The van der Waals surface area contributed by atoms with Gasteiger partial charge >= 0.3 is 5.97 Å². The molecule has 7 heteroatoms. The van der Waals surface area contributed by atoms with Crippen LogP contribution in [0.4, 0.5) is 5.69 Å². The van der Waals surface area contributed by atoms with Crippen molar-refractivity contribution in [1.29, 1.82) is 0 Å². The average molecular weight is 320 g/mol. The van der Waals surface area contributed by atoms with Crippen molar-refractivity contribution in [3.05, 3.63) is 40.3 Å². The number of anilines is 1. The summed E-state index contributed by atoms with van der Waals surface area (Å²) in [5, 5.41) is 13.3. The Bertz CT molecular complexity index is 656. The highest BCUT2D eigenvalue weighted by Gasteiger charge is 2.08. The van der Waals surface area contributed by atoms with E-state index in [-0.39, 0.29) is 5.91 Å². The second-order valence-electron chi connectivity index (χ2n) is 4.69. The summed E-state index contributed by atoms with van der Waals surface area (Å²) in [6.45, 7) is 1.43. The lowest BCUT2D eigenvalue weighted by Gasteiger charge is -2.10. The summed E-state index contributed by atoms with van der Waals surface area (Å²) in [5.74, 6) is -0.659. The molecule has 1 aromatic heterocycles. The predicted octanol–water partition coefficient (Wildman–Crippen LogP) is 2.49. The van der Waals surface area contributed by atoms with Crippen molar-refractivity contribution < 1.29 is 19.4 Å². The summed E-state index contributed by atoms with van der Waals surface area (Å²) in [7, 11) is 0. The van der Waals surface area contributed by atoms with Crippen LogP contribution in [0.2, 0.25) is 0 Å². The molecule has 0 fully saturated rings. The SMILES string of the molecule is Cc1cc(OCC(=O)O)ccc1NC(=O)CCc1cscn1. The molecular weight excluding hydrogens is 304 g/mol. The van der Waals surface area contributed by atoms with Gasteiger partial charge in [0, 0.05) is 17.5 Å². The number of hydrogen-bond donors (Lipinski definition) is 2. The number of hydrogen-bond acceptors (Lipinski definition) is 5. The molecule has 0 aliphatic rings. The zero-order valence-electron chi connectivity index (χ0n) is 12.0. The van der Waals surface area contributed by atoms with Crippen LogP contribution in [0.5, 0.6) is 5.75 Å². The zero-order chi connectivity index (χ0) is 15.9. The van der Waals surface area contributed by atoms with Crippen LogP contribution in [0.15, 0.2) is 29.1 Å². The van der Waals surface area contributed by atoms with Crippen LogP contribution in [-0.4, -0.2) is 28.6 Å². The number of carbonyl (C=O) groups is 2. The standard InChI is InChI=1S/C15H16N2O4S/c1-10-6-12(21-7-15(19)20)3-4-13(10)17-14(18)5-2-11-8-22-9-16-11/h3-4,6,8-9H,2,5,7H2,1H3,(H,17,18)(H,19,20). The molecule has 0 aliphatic heterocycles. The molecule has 2 aromatic rings. The first-order valence-corrected chi connectivity index (χ1v) is 7.61. The minimum atomic E-state index is -1.03. The van der Waals surface area contributed by atoms with Gasteiger partial charge in [0.2, 0.25) is 5.91 Å². The number of aryl methyl sites for hydroxylation is 2. The number of thiazole rings is 1. The smallest absolute Gasteiger partial charge is 0.341 e. The quantitative estimate of drug-likeness (QED) is 0.818. The Kier molecular flexibility index (Phi) is 5.48. The Morgan fingerprint density at radius 1 is 1.41 bits per heavy atom. The topological polar surface area (TPSA) is 88.5 Å². The van der Waals surface area contributed by atoms with E-state index in [9.17, 15) is 9.59 Å². The van der Waals surface area contributed by atoms with Crippen molar-refractivity contribution in [2.24, 2.45) is 0 Å². The highest BCUT2D eigenvalue weighted by atomic mass is 32.1. The first-order chi connectivity index (χ1) is 10.5. The van der Waals surface area contributed by atoms with Crippen LogP contribution in [-0.2, 0) is 16.0 Å². The predicted molar refractivity (Wildman–Crippen MR) is 83.4 cm³/mol. The molecular formula is C15H16N2O4S. The van der Waals surface area contributed by atoms with Crippen LogP contribution >= 0.6 is 11.3 Å². The maximum absolute atomic E-state index is 11.9. The van der Waals surface area contributed by atoms with Gasteiger partial charge in [-0.25, -0.2) is 9.78 Å². The average Bonchev–Trinajstić information content (AvgIpc) is 2.99. The number of aliphatic carboxylic acids is 1. The van der Waals surface area contributed by atoms with Gasteiger partial charge in [0.1, 0.15) is 5.75 Å². The van der Waals surface area contributed by atoms with Crippen molar-refractivity contribution in [2.45, 2.75) is 19.8 Å². The number of nitrogens with zero attached hydrogens (tertiary/aromatic N) is 1. The van der Waals surface area contributed by atoms with Crippen LogP contribution in [0.25, 0.3) is 0 Å². The molecule has 0 radical (unpaired) electrons. The van der Waals surface area contributed by atoms with Crippen LogP contribution in [0.1, 0.15) is 17.7 Å². The van der Waals surface area contributed by atoms with E-state index in [0.29, 0.717) is 24.3 Å². The summed E-state index contributed by atoms with van der Waals surface area (Å²) in [5.41, 5.74) is 4.15. The molecule has 0 saturated heterocycles. The largest absolute Gasteiger partial charge is 0.482 e. The molecule has 0 saturated carbocycles. The van der Waals surface area contributed by atoms with Crippen LogP contribution in [0, 0.1) is 6.92 Å². The van der Waals surface area contributed by atoms with E-state index >= 15 is 0 Å². The number of ether oxygens (including phenoxy) is 1. The van der Waals surface area contributed by atoms with E-state index in [0.717, 1.165) is 11.3 Å². The van der Waals surface area contributed by atoms with Crippen LogP contribution < -0.4 is 10.1 Å². The molecule has 22 heavy (non-hydrogen) atoms. The van der Waals surface area contributed by atoms with E-state index in [1.807, 2.05) is 12.3 Å². The third-order valence-electron chi connectivity index (χ3n) is 2.93. The summed E-state index contributed by atoms with van der Waals surface area (Å²) < 4.78 is 5.09. The van der Waals surface area contributed by atoms with Crippen molar-refractivity contribution in [3.8, 4) is 5.75 Å². The van der Waals surface area contributed by atoms with Gasteiger partial charge in [-0.15, -0.1) is 11.3 Å². The van der Waals surface area contributed by atoms with E-state index < -0.39 is 12.6 Å². The fraction of sp³-hybridized carbons (Fsp3) is 0.267. The molecule has 0 bridgehead atoms. The minimum Gasteiger partial charge on any atom is -0.482 e. The molecule has 0 atom stereocenters. The van der Waals surface area contributed by atoms with Gasteiger partial charge in [-0.05, 0) is 37.1 Å². The molecule has 2 N–H and O–H groups in total. The Labute approximate surface area is 131 Å². The Morgan fingerprint density at radius 3 is 2.86 bits per heavy atom. The molecule has 1 heterocycles. The number of amides is 1. The highest BCUT2D eigenvalue weighted by Crippen LogP contribution is 2.21. The lowest BCUT2D eigenvalue weighted by molar-refractivity contribution is -0.139. The number of benzene rings is 1. The monoisotopic (exact) mass is 320 g/mol. The van der Waals surface area contributed by atoms with Gasteiger partial charge in [0.05, 0.1) is 11.2 Å². The minimum absolute atomic E-state index is 0.0877. The van der Waals surface area contributed by atoms with Gasteiger partial charge in [0.15, 0.2) is 6.61 Å². The van der Waals surface area contributed by atoms with Crippen LogP contribution in [0.3, 0.4) is 0 Å². The lowest BCUT2D eigenvalue weighted by Crippen LogP contribution is -2.13. The second kappa shape index (κ2) is 7.56. The Hall–Kier alpha value is -2.41. The molecule has 1 amide bonds. The summed E-state index contributed by atoms with van der Waals surface area (Å²) in [6.07, 6.45) is 0.967. The van der Waals surface area contributed by atoms with Gasteiger partial charge in [-0.2, -0.15) is 0 Å². The van der Waals surface area contributed by atoms with E-state index in [1.54, 1.807) is 23.7 Å². The lowest BCUT2D eigenvalue weighted by atomic mass is 10.1. The third-order valence-corrected chi connectivity index (χ3v) is 3.56. The maximum Gasteiger partial charge on any atom is 0.341 e. The van der Waals surface area contributed by atoms with Crippen molar-refractivity contribution in [1.82, 2.24) is 4.98 Å². The van der Waals surface area contributed by atoms with E-state index in [4.69, 9.17) is 9.84 Å². The normalized spacial score (nSPS) is 10.2. The third kappa shape index (κ3) is 4.85. The fourth-order valence-corrected chi connectivity index (χ4v) is 2.42. The zero-order valence-corrected chi connectivity index (χ0v) is 12.9. The molecule has 0 unspecified atom stereocenters. The van der Waals surface area contributed by atoms with Crippen molar-refractivity contribution in [2.75, 3.05) is 11.9 Å². The Balaban J connectivity index is 1.89.